The second kappa shape index (κ2) is 10.2. The van der Waals surface area contributed by atoms with Crippen molar-refractivity contribution in [2.45, 2.75) is 18.2 Å². The van der Waals surface area contributed by atoms with E-state index in [1.807, 2.05) is 47.2 Å². The van der Waals surface area contributed by atoms with Crippen LogP contribution < -0.4 is 15.6 Å². The van der Waals surface area contributed by atoms with E-state index in [9.17, 15) is 9.59 Å². The van der Waals surface area contributed by atoms with Crippen LogP contribution in [0.5, 0.6) is 5.75 Å². The number of hydrogen-bond donors (Lipinski definition) is 1. The number of nitrogens with zero attached hydrogens (tertiary/aromatic N) is 2. The number of aromatic nitrogens is 2. The number of thiophene rings is 2. The van der Waals surface area contributed by atoms with Crippen LogP contribution in [0.4, 0.5) is 0 Å². The molecule has 0 unspecified atom stereocenters. The van der Waals surface area contributed by atoms with Gasteiger partial charge in [-0.05, 0) is 29.1 Å². The Hall–Kier alpha value is -2.88. The normalized spacial score (nSPS) is 10.9. The van der Waals surface area contributed by atoms with Crippen LogP contribution in [0.15, 0.2) is 69.8 Å². The molecule has 6 nitrogen and oxygen atoms in total. The SMILES string of the molecule is C=CCn1c(SCC(=O)NCc2cccc(OC)c2)nc2scc(-c3cccs3)c2c1=O. The van der Waals surface area contributed by atoms with Crippen molar-refractivity contribution in [1.29, 1.82) is 0 Å². The maximum absolute atomic E-state index is 13.3. The molecule has 0 atom stereocenters. The maximum atomic E-state index is 13.3. The third-order valence-corrected chi connectivity index (χ3v) is 7.46. The molecule has 0 fully saturated rings. The summed E-state index contributed by atoms with van der Waals surface area (Å²) in [7, 11) is 1.61. The summed E-state index contributed by atoms with van der Waals surface area (Å²) < 4.78 is 6.79. The van der Waals surface area contributed by atoms with E-state index < -0.39 is 0 Å². The molecule has 4 aromatic rings. The molecular formula is C23H21N3O3S3. The molecule has 4 rings (SSSR count). The van der Waals surface area contributed by atoms with Crippen molar-refractivity contribution >= 4 is 50.6 Å². The summed E-state index contributed by atoms with van der Waals surface area (Å²) in [5.41, 5.74) is 1.74. The van der Waals surface area contributed by atoms with Gasteiger partial charge in [-0.2, -0.15) is 0 Å². The molecule has 0 radical (unpaired) electrons. The Labute approximate surface area is 197 Å². The van der Waals surface area contributed by atoms with Crippen molar-refractivity contribution in [3.05, 3.63) is 75.7 Å². The monoisotopic (exact) mass is 483 g/mol. The van der Waals surface area contributed by atoms with E-state index in [1.165, 1.54) is 23.1 Å². The number of hydrogen-bond acceptors (Lipinski definition) is 7. The van der Waals surface area contributed by atoms with Gasteiger partial charge < -0.3 is 10.1 Å². The molecule has 1 amide bonds. The summed E-state index contributed by atoms with van der Waals surface area (Å²) in [6.07, 6.45) is 1.67. The molecule has 32 heavy (non-hydrogen) atoms. The standard InChI is InChI=1S/C23H21N3O3S3/c1-3-9-26-22(28)20-17(18-8-5-10-30-18)13-31-21(20)25-23(26)32-14-19(27)24-12-15-6-4-7-16(11-15)29-2/h3-8,10-11,13H,1,9,12,14H2,2H3,(H,24,27). The zero-order valence-corrected chi connectivity index (χ0v) is 19.8. The summed E-state index contributed by atoms with van der Waals surface area (Å²) in [4.78, 5) is 32.1. The number of carbonyl (C=O) groups excluding carboxylic acids is 1. The van der Waals surface area contributed by atoms with Gasteiger partial charge in [-0.1, -0.05) is 36.0 Å². The Morgan fingerprint density at radius 1 is 1.31 bits per heavy atom. The van der Waals surface area contributed by atoms with Gasteiger partial charge in [0.15, 0.2) is 5.16 Å². The van der Waals surface area contributed by atoms with Crippen molar-refractivity contribution in [1.82, 2.24) is 14.9 Å². The van der Waals surface area contributed by atoms with Crippen molar-refractivity contribution in [3.63, 3.8) is 0 Å². The van der Waals surface area contributed by atoms with Gasteiger partial charge in [-0.25, -0.2) is 4.98 Å². The lowest BCUT2D eigenvalue weighted by Gasteiger charge is -2.11. The molecule has 0 bridgehead atoms. The highest BCUT2D eigenvalue weighted by molar-refractivity contribution is 7.99. The minimum Gasteiger partial charge on any atom is -0.497 e. The molecule has 0 spiro atoms. The zero-order chi connectivity index (χ0) is 22.5. The Balaban J connectivity index is 1.52. The molecule has 0 saturated carbocycles. The third kappa shape index (κ3) is 4.79. The highest BCUT2D eigenvalue weighted by Crippen LogP contribution is 2.34. The van der Waals surface area contributed by atoms with Crippen molar-refractivity contribution < 1.29 is 9.53 Å². The number of carbonyl (C=O) groups is 1. The fraction of sp³-hybridized carbons (Fsp3) is 0.174. The Kier molecular flexibility index (Phi) is 7.09. The van der Waals surface area contributed by atoms with E-state index in [0.717, 1.165) is 21.8 Å². The number of allylic oxidation sites excluding steroid dienone is 1. The third-order valence-electron chi connectivity index (χ3n) is 4.71. The highest BCUT2D eigenvalue weighted by Gasteiger charge is 2.18. The molecule has 0 aliphatic heterocycles. The topological polar surface area (TPSA) is 73.2 Å². The second-order valence-electron chi connectivity index (χ2n) is 6.82. The number of nitrogens with one attached hydrogen (secondary N) is 1. The van der Waals surface area contributed by atoms with Gasteiger partial charge in [-0.3, -0.25) is 14.2 Å². The van der Waals surface area contributed by atoms with E-state index in [4.69, 9.17) is 9.72 Å². The number of fused-ring (bicyclic) bond motifs is 1. The largest absolute Gasteiger partial charge is 0.497 e. The lowest BCUT2D eigenvalue weighted by atomic mass is 10.2. The first-order valence-corrected chi connectivity index (χ1v) is 12.5. The molecule has 3 aromatic heterocycles. The number of methoxy groups -OCH3 is 1. The fourth-order valence-corrected chi connectivity index (χ4v) is 5.82. The van der Waals surface area contributed by atoms with Crippen LogP contribution >= 0.6 is 34.4 Å². The lowest BCUT2D eigenvalue weighted by Crippen LogP contribution is -2.26. The van der Waals surface area contributed by atoms with E-state index in [0.29, 0.717) is 28.5 Å². The molecule has 1 aromatic carbocycles. The second-order valence-corrected chi connectivity index (χ2v) is 9.57. The van der Waals surface area contributed by atoms with E-state index in [1.54, 1.807) is 29.1 Å². The summed E-state index contributed by atoms with van der Waals surface area (Å²) in [6, 6.07) is 11.5. The molecule has 9 heteroatoms. The van der Waals surface area contributed by atoms with Crippen LogP contribution in [0.3, 0.4) is 0 Å². The fourth-order valence-electron chi connectivity index (χ4n) is 3.18. The molecule has 0 aliphatic carbocycles. The van der Waals surface area contributed by atoms with Gasteiger partial charge in [0, 0.05) is 28.9 Å². The molecule has 3 heterocycles. The number of amides is 1. The minimum absolute atomic E-state index is 0.112. The van der Waals surface area contributed by atoms with E-state index >= 15 is 0 Å². The highest BCUT2D eigenvalue weighted by atomic mass is 32.2. The predicted octanol–water partition coefficient (Wildman–Crippen LogP) is 4.79. The lowest BCUT2D eigenvalue weighted by molar-refractivity contribution is -0.118. The Bertz CT molecular complexity index is 1310. The molecule has 0 aliphatic rings. The maximum Gasteiger partial charge on any atom is 0.263 e. The summed E-state index contributed by atoms with van der Waals surface area (Å²) in [5, 5.41) is 7.99. The summed E-state index contributed by atoms with van der Waals surface area (Å²) in [6.45, 7) is 4.50. The van der Waals surface area contributed by atoms with Crippen molar-refractivity contribution in [3.8, 4) is 16.2 Å². The van der Waals surface area contributed by atoms with Crippen molar-refractivity contribution in [2.24, 2.45) is 0 Å². The van der Waals surface area contributed by atoms with Crippen molar-refractivity contribution in [2.75, 3.05) is 12.9 Å². The van der Waals surface area contributed by atoms with Crippen LogP contribution in [0, 0.1) is 0 Å². The molecule has 164 valence electrons. The molecule has 0 saturated heterocycles. The van der Waals surface area contributed by atoms with Gasteiger partial charge in [-0.15, -0.1) is 29.3 Å². The Morgan fingerprint density at radius 2 is 2.19 bits per heavy atom. The number of ether oxygens (including phenoxy) is 1. The Morgan fingerprint density at radius 3 is 2.94 bits per heavy atom. The average molecular weight is 484 g/mol. The molecule has 1 N–H and O–H groups in total. The van der Waals surface area contributed by atoms with Gasteiger partial charge >= 0.3 is 0 Å². The van der Waals surface area contributed by atoms with E-state index in [2.05, 4.69) is 11.9 Å². The minimum atomic E-state index is -0.136. The van der Waals surface area contributed by atoms with Gasteiger partial charge in [0.05, 0.1) is 18.2 Å². The summed E-state index contributed by atoms with van der Waals surface area (Å²) >= 11 is 4.29. The first kappa shape index (κ1) is 22.3. The van der Waals surface area contributed by atoms with E-state index in [-0.39, 0.29) is 17.2 Å². The van der Waals surface area contributed by atoms with Crippen LogP contribution in [-0.4, -0.2) is 28.3 Å². The quantitative estimate of drug-likeness (QED) is 0.211. The van der Waals surface area contributed by atoms with Gasteiger partial charge in [0.25, 0.3) is 5.56 Å². The average Bonchev–Trinajstić information content (AvgIpc) is 3.48. The van der Waals surface area contributed by atoms with Crippen LogP contribution in [-0.2, 0) is 17.9 Å². The number of rotatable bonds is 9. The summed E-state index contributed by atoms with van der Waals surface area (Å²) in [5.74, 6) is 0.764. The first-order valence-electron chi connectivity index (χ1n) is 9.80. The zero-order valence-electron chi connectivity index (χ0n) is 17.4. The smallest absolute Gasteiger partial charge is 0.263 e. The van der Waals surface area contributed by atoms with Gasteiger partial charge in [0.1, 0.15) is 10.6 Å². The number of thioether (sulfide) groups is 1. The number of benzene rings is 1. The van der Waals surface area contributed by atoms with Crippen LogP contribution in [0.1, 0.15) is 5.56 Å². The van der Waals surface area contributed by atoms with Crippen LogP contribution in [0.2, 0.25) is 0 Å². The van der Waals surface area contributed by atoms with Gasteiger partial charge in [0.2, 0.25) is 5.91 Å². The van der Waals surface area contributed by atoms with Crippen LogP contribution in [0.25, 0.3) is 20.7 Å². The predicted molar refractivity (Wildman–Crippen MR) is 133 cm³/mol. The molecular weight excluding hydrogens is 462 g/mol. The first-order chi connectivity index (χ1) is 15.6.